The number of nitrogens with zero attached hydrogens (tertiary/aromatic N) is 1. The third-order valence-electron chi connectivity index (χ3n) is 2.89. The molecule has 0 unspecified atom stereocenters. The minimum Gasteiger partial charge on any atom is -0.308 e. The van der Waals surface area contributed by atoms with Crippen LogP contribution >= 0.6 is 30.8 Å². The Labute approximate surface area is 142 Å². The molecule has 1 rings (SSSR count). The van der Waals surface area contributed by atoms with E-state index >= 15 is 0 Å². The summed E-state index contributed by atoms with van der Waals surface area (Å²) in [5, 5.41) is 1.10. The Morgan fingerprint density at radius 1 is 1.23 bits per heavy atom. The van der Waals surface area contributed by atoms with Crippen molar-refractivity contribution in [3.05, 3.63) is 40.9 Å². The molecule has 0 heterocycles. The zero-order valence-electron chi connectivity index (χ0n) is 13.3. The average Bonchev–Trinajstić information content (AvgIpc) is 2.45. The molecule has 0 radical (unpaired) electrons. The van der Waals surface area contributed by atoms with E-state index in [0.29, 0.717) is 23.3 Å². The van der Waals surface area contributed by atoms with Crippen molar-refractivity contribution in [1.82, 2.24) is 4.90 Å². The van der Waals surface area contributed by atoms with E-state index in [0.717, 1.165) is 5.56 Å². The first-order chi connectivity index (χ1) is 10.3. The number of benzene rings is 1. The second kappa shape index (κ2) is 9.07. The van der Waals surface area contributed by atoms with Gasteiger partial charge in [-0.15, -0.1) is 0 Å². The first-order valence-electron chi connectivity index (χ1n) is 7.02. The zero-order chi connectivity index (χ0) is 16.8. The summed E-state index contributed by atoms with van der Waals surface area (Å²) in [6, 6.07) is 7.12. The highest BCUT2D eigenvalue weighted by molar-refractivity contribution is 7.54. The van der Waals surface area contributed by atoms with Crippen molar-refractivity contribution in [2.45, 2.75) is 19.6 Å². The Kier molecular flexibility index (Phi) is 8.12. The van der Waals surface area contributed by atoms with Crippen molar-refractivity contribution in [2.75, 3.05) is 27.3 Å². The Morgan fingerprint density at radius 3 is 2.14 bits per heavy atom. The van der Waals surface area contributed by atoms with E-state index in [2.05, 4.69) is 0 Å². The van der Waals surface area contributed by atoms with Crippen LogP contribution in [0.4, 0.5) is 0 Å². The molecular formula is C15H22Cl2NO3P. The molecule has 1 aromatic carbocycles. The normalized spacial score (nSPS) is 14.4. The molecule has 0 aliphatic heterocycles. The van der Waals surface area contributed by atoms with Crippen molar-refractivity contribution in [1.29, 1.82) is 0 Å². The Balaban J connectivity index is 3.16. The fourth-order valence-electron chi connectivity index (χ4n) is 1.91. The van der Waals surface area contributed by atoms with Gasteiger partial charge in [0.15, 0.2) is 0 Å². The first-order valence-corrected chi connectivity index (χ1v) is 9.39. The Hall–Kier alpha value is -0.350. The van der Waals surface area contributed by atoms with Crippen LogP contribution in [0, 0.1) is 0 Å². The van der Waals surface area contributed by atoms with Gasteiger partial charge in [-0.1, -0.05) is 35.3 Å². The van der Waals surface area contributed by atoms with Crippen molar-refractivity contribution in [2.24, 2.45) is 0 Å². The molecule has 0 bridgehead atoms. The lowest BCUT2D eigenvalue weighted by molar-refractivity contribution is 0.196. The monoisotopic (exact) mass is 365 g/mol. The molecule has 1 atom stereocenters. The lowest BCUT2D eigenvalue weighted by Gasteiger charge is -2.29. The summed E-state index contributed by atoms with van der Waals surface area (Å²) >= 11 is 12.2. The standard InChI is InChI=1S/C15H22Cl2NO3P/c1-5-20-22(19,21-6-2)15(18(3)4)11-14(17)12-7-9-13(16)10-8-12/h7-11,15H,5-6H2,1-4H3/b14-11-/t15-/m0/s1. The molecule has 4 nitrogen and oxygen atoms in total. The fourth-order valence-corrected chi connectivity index (χ4v) is 4.37. The minimum atomic E-state index is -3.33. The van der Waals surface area contributed by atoms with Crippen LogP contribution < -0.4 is 0 Å². The van der Waals surface area contributed by atoms with Crippen molar-refractivity contribution in [3.8, 4) is 0 Å². The summed E-state index contributed by atoms with van der Waals surface area (Å²) in [5.41, 5.74) is 0.789. The van der Waals surface area contributed by atoms with E-state index < -0.39 is 13.4 Å². The van der Waals surface area contributed by atoms with E-state index in [1.54, 1.807) is 63.2 Å². The lowest BCUT2D eigenvalue weighted by Crippen LogP contribution is -2.28. The van der Waals surface area contributed by atoms with Crippen LogP contribution in [0.5, 0.6) is 0 Å². The third-order valence-corrected chi connectivity index (χ3v) is 5.98. The minimum absolute atomic E-state index is 0.300. The maximum atomic E-state index is 13.0. The maximum Gasteiger partial charge on any atom is 0.351 e. The van der Waals surface area contributed by atoms with Crippen molar-refractivity contribution in [3.63, 3.8) is 0 Å². The summed E-state index contributed by atoms with van der Waals surface area (Å²) in [6.45, 7) is 4.16. The van der Waals surface area contributed by atoms with E-state index in [4.69, 9.17) is 32.2 Å². The topological polar surface area (TPSA) is 38.8 Å². The molecule has 0 aromatic heterocycles. The quantitative estimate of drug-likeness (QED) is 0.602. The number of halogens is 2. The van der Waals surface area contributed by atoms with Crippen LogP contribution in [0.1, 0.15) is 19.4 Å². The zero-order valence-corrected chi connectivity index (χ0v) is 15.7. The average molecular weight is 366 g/mol. The van der Waals surface area contributed by atoms with E-state index in [1.807, 2.05) is 0 Å². The Morgan fingerprint density at radius 2 is 1.73 bits per heavy atom. The number of hydrogen-bond donors (Lipinski definition) is 0. The summed E-state index contributed by atoms with van der Waals surface area (Å²) in [4.78, 5) is 1.77. The van der Waals surface area contributed by atoms with Crippen LogP contribution in [0.25, 0.3) is 5.03 Å². The molecule has 0 amide bonds. The molecule has 0 spiro atoms. The molecule has 0 aliphatic rings. The third kappa shape index (κ3) is 5.38. The molecule has 1 aromatic rings. The van der Waals surface area contributed by atoms with Crippen LogP contribution in [0.15, 0.2) is 30.3 Å². The number of rotatable bonds is 8. The van der Waals surface area contributed by atoms with Gasteiger partial charge in [-0.2, -0.15) is 0 Å². The predicted molar refractivity (Wildman–Crippen MR) is 93.6 cm³/mol. The van der Waals surface area contributed by atoms with Gasteiger partial charge >= 0.3 is 7.60 Å². The van der Waals surface area contributed by atoms with Crippen LogP contribution in [-0.4, -0.2) is 38.0 Å². The van der Waals surface area contributed by atoms with E-state index in [1.165, 1.54) is 0 Å². The van der Waals surface area contributed by atoms with Crippen molar-refractivity contribution < 1.29 is 13.6 Å². The highest BCUT2D eigenvalue weighted by Gasteiger charge is 2.36. The molecule has 0 saturated heterocycles. The molecule has 0 aliphatic carbocycles. The van der Waals surface area contributed by atoms with Gasteiger partial charge < -0.3 is 9.05 Å². The van der Waals surface area contributed by atoms with Gasteiger partial charge in [-0.25, -0.2) is 0 Å². The second-order valence-electron chi connectivity index (χ2n) is 4.77. The molecular weight excluding hydrogens is 344 g/mol. The van der Waals surface area contributed by atoms with Gasteiger partial charge in [0.1, 0.15) is 5.78 Å². The van der Waals surface area contributed by atoms with Gasteiger partial charge in [0.25, 0.3) is 0 Å². The predicted octanol–water partition coefficient (Wildman–Crippen LogP) is 5.07. The van der Waals surface area contributed by atoms with E-state index in [-0.39, 0.29) is 0 Å². The number of likely N-dealkylation sites (N-methyl/N-ethyl adjacent to an activating group) is 1. The van der Waals surface area contributed by atoms with Gasteiger partial charge in [-0.05, 0) is 51.7 Å². The maximum absolute atomic E-state index is 13.0. The van der Waals surface area contributed by atoms with Crippen LogP contribution in [-0.2, 0) is 13.6 Å². The van der Waals surface area contributed by atoms with Gasteiger partial charge in [-0.3, -0.25) is 9.46 Å². The van der Waals surface area contributed by atoms with Gasteiger partial charge in [0.05, 0.1) is 13.2 Å². The van der Waals surface area contributed by atoms with E-state index in [9.17, 15) is 4.57 Å². The van der Waals surface area contributed by atoms with Gasteiger partial charge in [0.2, 0.25) is 0 Å². The SMILES string of the molecule is CCOP(=O)(OCC)[C@@H](/C=C(\Cl)c1ccc(Cl)cc1)N(C)C. The van der Waals surface area contributed by atoms with Crippen LogP contribution in [0.3, 0.4) is 0 Å². The molecule has 7 heteroatoms. The largest absolute Gasteiger partial charge is 0.351 e. The Bertz CT molecular complexity index is 536. The highest BCUT2D eigenvalue weighted by atomic mass is 35.5. The van der Waals surface area contributed by atoms with Crippen LogP contribution in [0.2, 0.25) is 5.02 Å². The summed E-state index contributed by atoms with van der Waals surface area (Å²) in [7, 11) is 0.276. The smallest absolute Gasteiger partial charge is 0.308 e. The summed E-state index contributed by atoms with van der Waals surface area (Å²) in [5.74, 6) is -0.574. The molecule has 22 heavy (non-hydrogen) atoms. The van der Waals surface area contributed by atoms with Crippen molar-refractivity contribution >= 4 is 35.8 Å². The molecule has 0 N–H and O–H groups in total. The fraction of sp³-hybridized carbons (Fsp3) is 0.467. The second-order valence-corrected chi connectivity index (χ2v) is 7.74. The highest BCUT2D eigenvalue weighted by Crippen LogP contribution is 2.54. The first kappa shape index (κ1) is 19.7. The number of hydrogen-bond acceptors (Lipinski definition) is 4. The molecule has 0 fully saturated rings. The van der Waals surface area contributed by atoms with Gasteiger partial charge in [0, 0.05) is 10.1 Å². The summed E-state index contributed by atoms with van der Waals surface area (Å²) < 4.78 is 23.8. The lowest BCUT2D eigenvalue weighted by atomic mass is 10.2. The molecule has 124 valence electrons. The summed E-state index contributed by atoms with van der Waals surface area (Å²) in [6.07, 6.45) is 1.69. The molecule has 0 saturated carbocycles.